The summed E-state index contributed by atoms with van der Waals surface area (Å²) in [7, 11) is 0. The van der Waals surface area contributed by atoms with Crippen molar-refractivity contribution >= 4 is 29.4 Å². The summed E-state index contributed by atoms with van der Waals surface area (Å²) >= 11 is 6.44. The molecule has 198 valence electrons. The maximum absolute atomic E-state index is 13.2. The molecule has 0 radical (unpaired) electrons. The Morgan fingerprint density at radius 3 is 2.84 bits per heavy atom. The summed E-state index contributed by atoms with van der Waals surface area (Å²) in [4.78, 5) is 36.4. The van der Waals surface area contributed by atoms with Crippen molar-refractivity contribution in [1.82, 2.24) is 20.2 Å². The fourth-order valence-corrected chi connectivity index (χ4v) is 5.00. The van der Waals surface area contributed by atoms with Gasteiger partial charge >= 0.3 is 0 Å². The number of nitrogens with one attached hydrogen (secondary N) is 2. The zero-order valence-electron chi connectivity index (χ0n) is 21.1. The highest BCUT2D eigenvalue weighted by molar-refractivity contribution is 6.33. The molecule has 3 aromatic rings. The molecule has 5 rings (SSSR count). The van der Waals surface area contributed by atoms with Crippen molar-refractivity contribution in [2.75, 3.05) is 25.1 Å². The summed E-state index contributed by atoms with van der Waals surface area (Å²) in [5.74, 6) is 0.0219. The molecule has 2 aromatic carbocycles. The second kappa shape index (κ2) is 11.5. The molecule has 2 aliphatic rings. The molecule has 1 aromatic heterocycles. The number of rotatable bonds is 8. The van der Waals surface area contributed by atoms with Gasteiger partial charge in [0.05, 0.1) is 29.6 Å². The maximum atomic E-state index is 13.2. The fourth-order valence-electron chi connectivity index (χ4n) is 4.80. The summed E-state index contributed by atoms with van der Waals surface area (Å²) in [5, 5.41) is 16.0. The Bertz CT molecular complexity index is 1340. The van der Waals surface area contributed by atoms with E-state index in [0.717, 1.165) is 29.5 Å². The van der Waals surface area contributed by atoms with Crippen LogP contribution in [0.3, 0.4) is 0 Å². The van der Waals surface area contributed by atoms with Gasteiger partial charge in [-0.3, -0.25) is 9.59 Å². The van der Waals surface area contributed by atoms with Crippen molar-refractivity contribution in [3.05, 3.63) is 75.9 Å². The van der Waals surface area contributed by atoms with E-state index in [-0.39, 0.29) is 37.0 Å². The van der Waals surface area contributed by atoms with Gasteiger partial charge in [0, 0.05) is 36.9 Å². The number of ether oxygens (including phenoxy) is 1. The number of amides is 2. The van der Waals surface area contributed by atoms with Crippen LogP contribution in [0.1, 0.15) is 52.9 Å². The zero-order valence-corrected chi connectivity index (χ0v) is 21.9. The molecule has 3 N–H and O–H groups in total. The lowest BCUT2D eigenvalue weighted by molar-refractivity contribution is -0.122. The molecule has 3 heterocycles. The molecule has 1 saturated heterocycles. The summed E-state index contributed by atoms with van der Waals surface area (Å²) in [6.07, 6.45) is 3.33. The Morgan fingerprint density at radius 2 is 2.05 bits per heavy atom. The van der Waals surface area contributed by atoms with Crippen LogP contribution in [0.15, 0.2) is 48.7 Å². The lowest BCUT2D eigenvalue weighted by Gasteiger charge is -2.23. The Morgan fingerprint density at radius 1 is 1.24 bits per heavy atom. The second-order valence-electron chi connectivity index (χ2n) is 9.65. The number of fused-ring (bicyclic) bond motifs is 1. The average Bonchev–Trinajstić information content (AvgIpc) is 3.24. The lowest BCUT2D eigenvalue weighted by Crippen LogP contribution is -2.38. The third-order valence-corrected chi connectivity index (χ3v) is 7.18. The van der Waals surface area contributed by atoms with Crippen LogP contribution in [0, 0.1) is 0 Å². The molecule has 2 aliphatic heterocycles. The number of carbonyl (C=O) groups excluding carboxylic acids is 2. The summed E-state index contributed by atoms with van der Waals surface area (Å²) in [6, 6.07) is 12.9. The third-order valence-electron chi connectivity index (χ3n) is 6.91. The van der Waals surface area contributed by atoms with E-state index in [1.54, 1.807) is 12.3 Å². The minimum Gasteiger partial charge on any atom is -0.392 e. The monoisotopic (exact) mass is 535 g/mol. The Kier molecular flexibility index (Phi) is 7.87. The molecule has 9 nitrogen and oxygen atoms in total. The van der Waals surface area contributed by atoms with Crippen molar-refractivity contribution in [3.63, 3.8) is 0 Å². The van der Waals surface area contributed by atoms with Gasteiger partial charge in [0.1, 0.15) is 6.54 Å². The average molecular weight is 536 g/mol. The van der Waals surface area contributed by atoms with Gasteiger partial charge in [-0.25, -0.2) is 9.97 Å². The van der Waals surface area contributed by atoms with Crippen molar-refractivity contribution in [3.8, 4) is 11.3 Å². The smallest absolute Gasteiger partial charge is 0.254 e. The zero-order chi connectivity index (χ0) is 26.6. The third kappa shape index (κ3) is 5.80. The van der Waals surface area contributed by atoms with Crippen LogP contribution in [0.25, 0.3) is 11.3 Å². The van der Waals surface area contributed by atoms with Gasteiger partial charge in [-0.2, -0.15) is 0 Å². The number of nitrogens with zero attached hydrogens (tertiary/aromatic N) is 3. The lowest BCUT2D eigenvalue weighted by atomic mass is 10.0. The fraction of sp³-hybridized carbons (Fsp3) is 0.357. The Hall–Kier alpha value is -3.53. The van der Waals surface area contributed by atoms with E-state index in [4.69, 9.17) is 16.3 Å². The molecule has 1 fully saturated rings. The first kappa shape index (κ1) is 26.1. The minimum atomic E-state index is -0.260. The van der Waals surface area contributed by atoms with Gasteiger partial charge in [0.15, 0.2) is 0 Å². The van der Waals surface area contributed by atoms with Gasteiger partial charge in [-0.15, -0.1) is 0 Å². The first-order valence-electron chi connectivity index (χ1n) is 12.7. The first-order chi connectivity index (χ1) is 18.4. The van der Waals surface area contributed by atoms with Crippen molar-refractivity contribution in [1.29, 1.82) is 0 Å². The first-order valence-corrected chi connectivity index (χ1v) is 13.1. The molecule has 0 spiro atoms. The van der Waals surface area contributed by atoms with E-state index in [2.05, 4.69) is 20.6 Å². The SMILES string of the molecule is C[C@@H](NC(=O)CN1Cc2ccc(-c3nc(NC4CCOCC4)ncc3Cl)cc2C1=O)c1cccc(CO)c1. The number of benzene rings is 2. The molecule has 0 bridgehead atoms. The quantitative estimate of drug-likeness (QED) is 0.402. The predicted octanol–water partition coefficient (Wildman–Crippen LogP) is 3.71. The summed E-state index contributed by atoms with van der Waals surface area (Å²) < 4.78 is 5.41. The van der Waals surface area contributed by atoms with Crippen molar-refractivity contribution in [2.45, 2.75) is 45.0 Å². The number of hydrogen-bond donors (Lipinski definition) is 3. The van der Waals surface area contributed by atoms with Gasteiger partial charge in [0.25, 0.3) is 5.91 Å². The number of aliphatic hydroxyl groups is 1. The molecule has 0 aliphatic carbocycles. The molecular weight excluding hydrogens is 506 g/mol. The standard InChI is InChI=1S/C28H30ClN5O4/c1-17(19-4-2-3-18(11-19)16-35)31-25(36)15-34-14-21-6-5-20(12-23(21)27(34)37)26-24(29)13-30-28(33-26)32-22-7-9-38-10-8-22/h2-6,11-13,17,22,35H,7-10,14-16H2,1H3,(H,31,36)(H,30,32,33)/t17-/m1/s1. The van der Waals surface area contributed by atoms with Crippen molar-refractivity contribution < 1.29 is 19.4 Å². The molecule has 2 amide bonds. The van der Waals surface area contributed by atoms with Crippen LogP contribution in [-0.2, 0) is 22.7 Å². The highest BCUT2D eigenvalue weighted by Gasteiger charge is 2.30. The number of carbonyl (C=O) groups is 2. The van der Waals surface area contributed by atoms with E-state index in [1.807, 2.05) is 43.3 Å². The molecule has 38 heavy (non-hydrogen) atoms. The molecule has 0 saturated carbocycles. The molecular formula is C28H30ClN5O4. The van der Waals surface area contributed by atoms with Crippen LogP contribution in [0.4, 0.5) is 5.95 Å². The van der Waals surface area contributed by atoms with Crippen molar-refractivity contribution in [2.24, 2.45) is 0 Å². The summed E-state index contributed by atoms with van der Waals surface area (Å²) in [6.45, 7) is 3.51. The van der Waals surface area contributed by atoms with Gasteiger partial charge in [-0.05, 0) is 42.5 Å². The van der Waals surface area contributed by atoms with Crippen LogP contribution >= 0.6 is 11.6 Å². The van der Waals surface area contributed by atoms with Crippen LogP contribution in [-0.4, -0.2) is 57.6 Å². The van der Waals surface area contributed by atoms with Gasteiger partial charge < -0.3 is 25.4 Å². The van der Waals surface area contributed by atoms with E-state index >= 15 is 0 Å². The van der Waals surface area contributed by atoms with Gasteiger partial charge in [0.2, 0.25) is 11.9 Å². The second-order valence-corrected chi connectivity index (χ2v) is 10.1. The highest BCUT2D eigenvalue weighted by Crippen LogP contribution is 2.31. The van der Waals surface area contributed by atoms with E-state index in [9.17, 15) is 14.7 Å². The minimum absolute atomic E-state index is 0.0552. The maximum Gasteiger partial charge on any atom is 0.254 e. The number of anilines is 1. The van der Waals surface area contributed by atoms with E-state index < -0.39 is 0 Å². The highest BCUT2D eigenvalue weighted by atomic mass is 35.5. The largest absolute Gasteiger partial charge is 0.392 e. The number of hydrogen-bond acceptors (Lipinski definition) is 7. The molecule has 10 heteroatoms. The number of aromatic nitrogens is 2. The summed E-state index contributed by atoms with van der Waals surface area (Å²) in [5.41, 5.74) is 4.30. The van der Waals surface area contributed by atoms with Crippen LogP contribution in [0.2, 0.25) is 5.02 Å². The Labute approximate surface area is 226 Å². The Balaban J connectivity index is 1.26. The number of halogens is 1. The van der Waals surface area contributed by atoms with E-state index in [1.165, 1.54) is 4.90 Å². The van der Waals surface area contributed by atoms with E-state index in [0.29, 0.717) is 47.6 Å². The topological polar surface area (TPSA) is 117 Å². The van der Waals surface area contributed by atoms with Crippen LogP contribution < -0.4 is 10.6 Å². The van der Waals surface area contributed by atoms with Crippen LogP contribution in [0.5, 0.6) is 0 Å². The predicted molar refractivity (Wildman–Crippen MR) is 144 cm³/mol. The molecule has 0 unspecified atom stereocenters. The number of aliphatic hydroxyl groups excluding tert-OH is 1. The van der Waals surface area contributed by atoms with Gasteiger partial charge in [-0.1, -0.05) is 48.0 Å². The molecule has 1 atom stereocenters. The normalized spacial score (nSPS) is 16.3.